The lowest BCUT2D eigenvalue weighted by Crippen LogP contribution is -2.52. The molecule has 1 aromatic heterocycles. The first-order valence-electron chi connectivity index (χ1n) is 11.8. The Balaban J connectivity index is 1.43. The summed E-state index contributed by atoms with van der Waals surface area (Å²) in [6, 6.07) is 7.64. The van der Waals surface area contributed by atoms with Crippen LogP contribution in [-0.4, -0.2) is 65.1 Å². The highest BCUT2D eigenvalue weighted by molar-refractivity contribution is 7.99. The first-order valence-corrected chi connectivity index (χ1v) is 12.9. The second kappa shape index (κ2) is 10.6. The summed E-state index contributed by atoms with van der Waals surface area (Å²) in [6.07, 6.45) is 5.33. The Morgan fingerprint density at radius 3 is 2.42 bits per heavy atom. The molecule has 0 radical (unpaired) electrons. The lowest BCUT2D eigenvalue weighted by molar-refractivity contribution is -0.144. The van der Waals surface area contributed by atoms with E-state index in [0.29, 0.717) is 42.8 Å². The van der Waals surface area contributed by atoms with Crippen molar-refractivity contribution < 1.29 is 23.5 Å². The first-order chi connectivity index (χ1) is 15.9. The molecule has 1 aliphatic carbocycles. The van der Waals surface area contributed by atoms with Gasteiger partial charge < -0.3 is 19.0 Å². The molecule has 1 atom stereocenters. The highest BCUT2D eigenvalue weighted by Crippen LogP contribution is 2.35. The number of amides is 2. The Morgan fingerprint density at radius 1 is 1.06 bits per heavy atom. The highest BCUT2D eigenvalue weighted by Gasteiger charge is 2.30. The lowest BCUT2D eigenvalue weighted by Gasteiger charge is -2.35. The maximum atomic E-state index is 13.1. The Kier molecular flexibility index (Phi) is 7.63. The molecule has 2 fully saturated rings. The molecule has 1 saturated carbocycles. The van der Waals surface area contributed by atoms with Gasteiger partial charge in [-0.3, -0.25) is 9.59 Å². The van der Waals surface area contributed by atoms with Crippen molar-refractivity contribution in [3.05, 3.63) is 35.6 Å². The van der Waals surface area contributed by atoms with E-state index in [9.17, 15) is 14.4 Å². The van der Waals surface area contributed by atoms with Crippen molar-refractivity contribution in [2.45, 2.75) is 63.1 Å². The monoisotopic (exact) mass is 472 g/mol. The molecule has 2 aromatic rings. The van der Waals surface area contributed by atoms with Gasteiger partial charge in [-0.2, -0.15) is 11.8 Å². The number of para-hydroxylation sites is 1. The third kappa shape index (κ3) is 5.54. The Morgan fingerprint density at radius 2 is 1.73 bits per heavy atom. The number of rotatable bonds is 6. The van der Waals surface area contributed by atoms with Crippen LogP contribution in [0.4, 0.5) is 0 Å². The number of carbonyl (C=O) groups excluding carboxylic acids is 3. The van der Waals surface area contributed by atoms with Crippen LogP contribution in [0.5, 0.6) is 0 Å². The summed E-state index contributed by atoms with van der Waals surface area (Å²) in [5, 5.41) is 1.53. The van der Waals surface area contributed by atoms with Crippen LogP contribution in [0.2, 0.25) is 0 Å². The minimum atomic E-state index is -0.923. The fourth-order valence-corrected chi connectivity index (χ4v) is 5.96. The van der Waals surface area contributed by atoms with Gasteiger partial charge in [0, 0.05) is 55.1 Å². The summed E-state index contributed by atoms with van der Waals surface area (Å²) in [5.41, 5.74) is 1.50. The van der Waals surface area contributed by atoms with E-state index in [-0.39, 0.29) is 17.6 Å². The molecular weight excluding hydrogens is 440 g/mol. The predicted octanol–water partition coefficient (Wildman–Crippen LogP) is 4.23. The zero-order chi connectivity index (χ0) is 23.4. The topological polar surface area (TPSA) is 80.1 Å². The second-order valence-electron chi connectivity index (χ2n) is 8.86. The summed E-state index contributed by atoms with van der Waals surface area (Å²) in [5.74, 6) is 0.0293. The maximum absolute atomic E-state index is 13.1. The van der Waals surface area contributed by atoms with E-state index in [1.165, 1.54) is 39.0 Å². The van der Waals surface area contributed by atoms with E-state index in [4.69, 9.17) is 9.15 Å². The SMILES string of the molecule is CC(=O)N1CCN(C(=O)C(C)OC(=O)c2oc3ccccc3c2CSC2CCCCC2)CC1. The molecule has 4 rings (SSSR count). The number of esters is 1. The van der Waals surface area contributed by atoms with Crippen LogP contribution in [0, 0.1) is 0 Å². The smallest absolute Gasteiger partial charge is 0.375 e. The summed E-state index contributed by atoms with van der Waals surface area (Å²) < 4.78 is 11.5. The third-order valence-electron chi connectivity index (χ3n) is 6.57. The van der Waals surface area contributed by atoms with Crippen LogP contribution in [0.1, 0.15) is 62.1 Å². The van der Waals surface area contributed by atoms with Crippen molar-refractivity contribution in [3.63, 3.8) is 0 Å². The van der Waals surface area contributed by atoms with E-state index in [1.807, 2.05) is 36.0 Å². The molecule has 2 aliphatic rings. The number of piperazine rings is 1. The van der Waals surface area contributed by atoms with Crippen LogP contribution in [0.25, 0.3) is 11.0 Å². The van der Waals surface area contributed by atoms with Gasteiger partial charge in [-0.05, 0) is 25.8 Å². The maximum Gasteiger partial charge on any atom is 0.375 e. The van der Waals surface area contributed by atoms with Gasteiger partial charge in [0.25, 0.3) is 5.91 Å². The van der Waals surface area contributed by atoms with E-state index >= 15 is 0 Å². The van der Waals surface area contributed by atoms with Crippen LogP contribution in [0.3, 0.4) is 0 Å². The van der Waals surface area contributed by atoms with Crippen LogP contribution >= 0.6 is 11.8 Å². The molecule has 1 unspecified atom stereocenters. The Labute approximate surface area is 198 Å². The molecule has 0 spiro atoms. The number of ether oxygens (including phenoxy) is 1. The van der Waals surface area contributed by atoms with Crippen molar-refractivity contribution >= 4 is 40.5 Å². The molecule has 0 N–H and O–H groups in total. The van der Waals surface area contributed by atoms with Gasteiger partial charge in [0.1, 0.15) is 5.58 Å². The van der Waals surface area contributed by atoms with Crippen molar-refractivity contribution in [2.24, 2.45) is 0 Å². The lowest BCUT2D eigenvalue weighted by atomic mass is 10.0. The molecule has 2 heterocycles. The highest BCUT2D eigenvalue weighted by atomic mass is 32.2. The zero-order valence-corrected chi connectivity index (χ0v) is 20.2. The molecule has 178 valence electrons. The third-order valence-corrected chi connectivity index (χ3v) is 7.97. The number of hydrogen-bond acceptors (Lipinski definition) is 6. The van der Waals surface area contributed by atoms with E-state index in [1.54, 1.807) is 16.7 Å². The summed E-state index contributed by atoms with van der Waals surface area (Å²) in [6.45, 7) is 4.99. The summed E-state index contributed by atoms with van der Waals surface area (Å²) >= 11 is 1.88. The Hall–Kier alpha value is -2.48. The molecule has 33 heavy (non-hydrogen) atoms. The number of carbonyl (C=O) groups is 3. The van der Waals surface area contributed by atoms with Gasteiger partial charge in [0.05, 0.1) is 0 Å². The van der Waals surface area contributed by atoms with Gasteiger partial charge in [-0.25, -0.2) is 4.79 Å². The minimum absolute atomic E-state index is 0.00471. The van der Waals surface area contributed by atoms with Crippen LogP contribution < -0.4 is 0 Å². The minimum Gasteiger partial charge on any atom is -0.449 e. The standard InChI is InChI=1S/C25H32N2O5S/c1-17(24(29)27-14-12-26(13-15-27)18(2)28)31-25(30)23-21(16-33-19-8-4-3-5-9-19)20-10-6-7-11-22(20)32-23/h6-7,10-11,17,19H,3-5,8-9,12-16H2,1-2H3. The fraction of sp³-hybridized carbons (Fsp3) is 0.560. The number of furan rings is 1. The van der Waals surface area contributed by atoms with Crippen LogP contribution in [0.15, 0.2) is 28.7 Å². The zero-order valence-electron chi connectivity index (χ0n) is 19.4. The Bertz CT molecular complexity index is 1010. The van der Waals surface area contributed by atoms with Gasteiger partial charge in [-0.1, -0.05) is 37.5 Å². The molecule has 2 amide bonds. The van der Waals surface area contributed by atoms with Crippen molar-refractivity contribution in [2.75, 3.05) is 26.2 Å². The quantitative estimate of drug-likeness (QED) is 0.585. The van der Waals surface area contributed by atoms with E-state index < -0.39 is 12.1 Å². The molecule has 8 heteroatoms. The number of fused-ring (bicyclic) bond motifs is 1. The second-order valence-corrected chi connectivity index (χ2v) is 10.1. The van der Waals surface area contributed by atoms with E-state index in [2.05, 4.69) is 0 Å². The fourth-order valence-electron chi connectivity index (χ4n) is 4.60. The van der Waals surface area contributed by atoms with Gasteiger partial charge in [-0.15, -0.1) is 0 Å². The average Bonchev–Trinajstić information content (AvgIpc) is 3.21. The predicted molar refractivity (Wildman–Crippen MR) is 128 cm³/mol. The van der Waals surface area contributed by atoms with E-state index in [0.717, 1.165) is 10.9 Å². The number of benzene rings is 1. The average molecular weight is 473 g/mol. The molecule has 1 aliphatic heterocycles. The van der Waals surface area contributed by atoms with Crippen molar-refractivity contribution in [1.29, 1.82) is 0 Å². The number of nitrogens with zero attached hydrogens (tertiary/aromatic N) is 2. The van der Waals surface area contributed by atoms with Crippen LogP contribution in [-0.2, 0) is 20.1 Å². The molecule has 1 saturated heterocycles. The molecule has 0 bridgehead atoms. The van der Waals surface area contributed by atoms with Gasteiger partial charge in [0.15, 0.2) is 6.10 Å². The molecule has 7 nitrogen and oxygen atoms in total. The van der Waals surface area contributed by atoms with Crippen molar-refractivity contribution in [3.8, 4) is 0 Å². The largest absolute Gasteiger partial charge is 0.449 e. The summed E-state index contributed by atoms with van der Waals surface area (Å²) in [4.78, 5) is 40.8. The number of hydrogen-bond donors (Lipinski definition) is 0. The number of thioether (sulfide) groups is 1. The normalized spacial score (nSPS) is 18.4. The summed E-state index contributed by atoms with van der Waals surface area (Å²) in [7, 11) is 0. The molecule has 1 aromatic carbocycles. The first kappa shape index (κ1) is 23.7. The van der Waals surface area contributed by atoms with Gasteiger partial charge in [0.2, 0.25) is 11.7 Å². The van der Waals surface area contributed by atoms with Gasteiger partial charge >= 0.3 is 5.97 Å². The van der Waals surface area contributed by atoms with Crippen molar-refractivity contribution in [1.82, 2.24) is 9.80 Å². The molecular formula is C25H32N2O5S.